The second kappa shape index (κ2) is 5.48. The van der Waals surface area contributed by atoms with Gasteiger partial charge in [-0.25, -0.2) is 4.98 Å². The van der Waals surface area contributed by atoms with Crippen molar-refractivity contribution in [3.05, 3.63) is 18.1 Å². The Morgan fingerprint density at radius 1 is 1.31 bits per heavy atom. The van der Waals surface area contributed by atoms with Gasteiger partial charge in [0, 0.05) is 13.2 Å². The lowest BCUT2D eigenvalue weighted by atomic mass is 10.5. The highest BCUT2D eigenvalue weighted by Gasteiger charge is 1.95. The van der Waals surface area contributed by atoms with Crippen molar-refractivity contribution in [3.63, 3.8) is 0 Å². The van der Waals surface area contributed by atoms with E-state index in [1.165, 1.54) is 0 Å². The summed E-state index contributed by atoms with van der Waals surface area (Å²) in [6.45, 7) is 6.09. The van der Waals surface area contributed by atoms with Crippen molar-refractivity contribution in [2.75, 3.05) is 18.5 Å². The summed E-state index contributed by atoms with van der Waals surface area (Å²) in [5.41, 5.74) is 0.864. The summed E-state index contributed by atoms with van der Waals surface area (Å²) in [7, 11) is 0. The highest BCUT2D eigenvalue weighted by Crippen LogP contribution is 2.01. The molecule has 0 unspecified atom stereocenters. The molecule has 0 aliphatic heterocycles. The van der Waals surface area contributed by atoms with Crippen LogP contribution in [0.2, 0.25) is 0 Å². The molecule has 1 aromatic heterocycles. The first-order valence-corrected chi connectivity index (χ1v) is 4.49. The van der Waals surface area contributed by atoms with Gasteiger partial charge in [0.2, 0.25) is 0 Å². The number of hydrogen-bond donors (Lipinski definition) is 1. The highest BCUT2D eigenvalue weighted by molar-refractivity contribution is 5.30. The van der Waals surface area contributed by atoms with E-state index in [1.54, 1.807) is 12.4 Å². The van der Waals surface area contributed by atoms with Crippen LogP contribution in [-0.4, -0.2) is 23.1 Å². The SMILES string of the molecule is CCNc1cnc(COCC)cn1. The number of ether oxygens (including phenoxy) is 1. The summed E-state index contributed by atoms with van der Waals surface area (Å²) < 4.78 is 5.20. The fourth-order valence-corrected chi connectivity index (χ4v) is 0.908. The van der Waals surface area contributed by atoms with Crippen LogP contribution in [-0.2, 0) is 11.3 Å². The maximum Gasteiger partial charge on any atom is 0.144 e. The van der Waals surface area contributed by atoms with Crippen molar-refractivity contribution >= 4 is 5.82 Å². The number of hydrogen-bond acceptors (Lipinski definition) is 4. The average molecular weight is 181 g/mol. The van der Waals surface area contributed by atoms with E-state index < -0.39 is 0 Å². The molecule has 4 nitrogen and oxygen atoms in total. The third-order valence-electron chi connectivity index (χ3n) is 1.52. The summed E-state index contributed by atoms with van der Waals surface area (Å²) in [6.07, 6.45) is 3.45. The van der Waals surface area contributed by atoms with Crippen LogP contribution in [0.1, 0.15) is 19.5 Å². The number of rotatable bonds is 5. The molecular weight excluding hydrogens is 166 g/mol. The maximum absolute atomic E-state index is 5.20. The Hall–Kier alpha value is -1.16. The lowest BCUT2D eigenvalue weighted by molar-refractivity contribution is 0.131. The average Bonchev–Trinajstić information content (AvgIpc) is 2.17. The molecule has 0 aliphatic carbocycles. The Labute approximate surface area is 78.4 Å². The Morgan fingerprint density at radius 3 is 2.69 bits per heavy atom. The van der Waals surface area contributed by atoms with Crippen LogP contribution >= 0.6 is 0 Å². The summed E-state index contributed by atoms with van der Waals surface area (Å²) >= 11 is 0. The predicted octanol–water partition coefficient (Wildman–Crippen LogP) is 1.44. The standard InChI is InChI=1S/C9H15N3O/c1-3-10-9-6-11-8(5-12-9)7-13-4-2/h5-6H,3-4,7H2,1-2H3,(H,10,12). The van der Waals surface area contributed by atoms with Gasteiger partial charge < -0.3 is 10.1 Å². The first-order valence-electron chi connectivity index (χ1n) is 4.49. The molecule has 0 spiro atoms. The molecule has 0 bridgehead atoms. The normalized spacial score (nSPS) is 10.0. The minimum atomic E-state index is 0.538. The topological polar surface area (TPSA) is 47.0 Å². The predicted molar refractivity (Wildman–Crippen MR) is 51.5 cm³/mol. The fraction of sp³-hybridized carbons (Fsp3) is 0.556. The van der Waals surface area contributed by atoms with E-state index in [4.69, 9.17) is 4.74 Å². The molecule has 0 saturated carbocycles. The van der Waals surface area contributed by atoms with Crippen molar-refractivity contribution < 1.29 is 4.74 Å². The number of nitrogens with zero attached hydrogens (tertiary/aromatic N) is 2. The Balaban J connectivity index is 2.48. The van der Waals surface area contributed by atoms with E-state index in [1.807, 2.05) is 13.8 Å². The zero-order valence-corrected chi connectivity index (χ0v) is 8.08. The molecule has 0 radical (unpaired) electrons. The Kier molecular flexibility index (Phi) is 4.18. The van der Waals surface area contributed by atoms with Gasteiger partial charge in [0.25, 0.3) is 0 Å². The summed E-state index contributed by atoms with van der Waals surface area (Å²) in [5, 5.41) is 3.08. The molecule has 0 aromatic carbocycles. The molecule has 0 aliphatic rings. The van der Waals surface area contributed by atoms with E-state index >= 15 is 0 Å². The minimum Gasteiger partial charge on any atom is -0.375 e. The van der Waals surface area contributed by atoms with Crippen LogP contribution < -0.4 is 5.32 Å². The molecule has 1 N–H and O–H groups in total. The monoisotopic (exact) mass is 181 g/mol. The molecule has 4 heteroatoms. The Morgan fingerprint density at radius 2 is 2.15 bits per heavy atom. The van der Waals surface area contributed by atoms with E-state index in [9.17, 15) is 0 Å². The van der Waals surface area contributed by atoms with E-state index in [0.717, 1.165) is 18.1 Å². The lowest BCUT2D eigenvalue weighted by Crippen LogP contribution is -2.02. The van der Waals surface area contributed by atoms with E-state index in [0.29, 0.717) is 13.2 Å². The van der Waals surface area contributed by atoms with Gasteiger partial charge >= 0.3 is 0 Å². The second-order valence-corrected chi connectivity index (χ2v) is 2.56. The van der Waals surface area contributed by atoms with Gasteiger partial charge in [0.05, 0.1) is 24.7 Å². The minimum absolute atomic E-state index is 0.538. The molecule has 1 rings (SSSR count). The fourth-order valence-electron chi connectivity index (χ4n) is 0.908. The molecule has 0 fully saturated rings. The van der Waals surface area contributed by atoms with Crippen LogP contribution in [0.15, 0.2) is 12.4 Å². The first-order chi connectivity index (χ1) is 6.36. The van der Waals surface area contributed by atoms with Crippen LogP contribution in [0, 0.1) is 0 Å². The summed E-state index contributed by atoms with van der Waals surface area (Å²) in [6, 6.07) is 0. The van der Waals surface area contributed by atoms with Gasteiger partial charge in [-0.05, 0) is 13.8 Å². The molecule has 13 heavy (non-hydrogen) atoms. The van der Waals surface area contributed by atoms with Crippen LogP contribution in [0.3, 0.4) is 0 Å². The lowest BCUT2D eigenvalue weighted by Gasteiger charge is -2.03. The Bertz CT molecular complexity index is 235. The number of aromatic nitrogens is 2. The maximum atomic E-state index is 5.20. The molecule has 0 saturated heterocycles. The van der Waals surface area contributed by atoms with Crippen molar-refractivity contribution in [1.82, 2.24) is 9.97 Å². The molecule has 0 amide bonds. The van der Waals surface area contributed by atoms with Crippen LogP contribution in [0.5, 0.6) is 0 Å². The largest absolute Gasteiger partial charge is 0.375 e. The van der Waals surface area contributed by atoms with Crippen molar-refractivity contribution in [3.8, 4) is 0 Å². The third kappa shape index (κ3) is 3.38. The van der Waals surface area contributed by atoms with Crippen LogP contribution in [0.25, 0.3) is 0 Å². The van der Waals surface area contributed by atoms with E-state index in [2.05, 4.69) is 15.3 Å². The molecule has 0 atom stereocenters. The highest BCUT2D eigenvalue weighted by atomic mass is 16.5. The molecule has 1 aromatic rings. The zero-order valence-electron chi connectivity index (χ0n) is 8.08. The van der Waals surface area contributed by atoms with Gasteiger partial charge in [-0.1, -0.05) is 0 Å². The summed E-state index contributed by atoms with van der Waals surface area (Å²) in [5.74, 6) is 0.808. The van der Waals surface area contributed by atoms with E-state index in [-0.39, 0.29) is 0 Å². The number of anilines is 1. The third-order valence-corrected chi connectivity index (χ3v) is 1.52. The van der Waals surface area contributed by atoms with Gasteiger partial charge in [-0.15, -0.1) is 0 Å². The quantitative estimate of drug-likeness (QED) is 0.746. The van der Waals surface area contributed by atoms with Gasteiger partial charge in [0.1, 0.15) is 5.82 Å². The molecule has 1 heterocycles. The molecule has 72 valence electrons. The van der Waals surface area contributed by atoms with Crippen LogP contribution in [0.4, 0.5) is 5.82 Å². The molecular formula is C9H15N3O. The summed E-state index contributed by atoms with van der Waals surface area (Å²) in [4.78, 5) is 8.35. The van der Waals surface area contributed by atoms with Gasteiger partial charge in [-0.3, -0.25) is 4.98 Å². The van der Waals surface area contributed by atoms with Gasteiger partial charge in [-0.2, -0.15) is 0 Å². The van der Waals surface area contributed by atoms with Gasteiger partial charge in [0.15, 0.2) is 0 Å². The number of nitrogens with one attached hydrogen (secondary N) is 1. The first kappa shape index (κ1) is 9.92. The zero-order chi connectivity index (χ0) is 9.52. The van der Waals surface area contributed by atoms with Crippen molar-refractivity contribution in [2.45, 2.75) is 20.5 Å². The second-order valence-electron chi connectivity index (χ2n) is 2.56. The van der Waals surface area contributed by atoms with Crippen molar-refractivity contribution in [1.29, 1.82) is 0 Å². The smallest absolute Gasteiger partial charge is 0.144 e. The van der Waals surface area contributed by atoms with Crippen molar-refractivity contribution in [2.24, 2.45) is 0 Å².